The first-order chi connectivity index (χ1) is 9.12. The largest absolute Gasteiger partial charge is 0.461 e. The Kier molecular flexibility index (Phi) is 4.90. The van der Waals surface area contributed by atoms with Crippen LogP contribution in [0.1, 0.15) is 53.4 Å². The van der Waals surface area contributed by atoms with Crippen molar-refractivity contribution in [2.24, 2.45) is 10.8 Å². The molecule has 1 aliphatic carbocycles. The summed E-state index contributed by atoms with van der Waals surface area (Å²) in [7, 11) is 0. The van der Waals surface area contributed by atoms with Gasteiger partial charge in [0.05, 0.1) is 5.41 Å². The molecule has 4 nitrogen and oxygen atoms in total. The van der Waals surface area contributed by atoms with Gasteiger partial charge in [-0.1, -0.05) is 13.0 Å². The quantitative estimate of drug-likeness (QED) is 0.451. The van der Waals surface area contributed by atoms with E-state index in [1.807, 2.05) is 0 Å². The Hall–Kier alpha value is -1.45. The van der Waals surface area contributed by atoms with Crippen molar-refractivity contribution in [2.45, 2.75) is 53.4 Å². The standard InChI is InChI=1S/C16H24O4/c1-11(10-20-14(19)15(3,4)5)16(12(2)17)9-7-6-8-13(16)18/h1,6-10H2,2-5H3. The minimum atomic E-state index is -1.14. The molecule has 0 aromatic rings. The zero-order chi connectivity index (χ0) is 15.6. The number of esters is 1. The number of rotatable bonds is 4. The van der Waals surface area contributed by atoms with Crippen molar-refractivity contribution in [1.82, 2.24) is 0 Å². The highest BCUT2D eigenvalue weighted by Crippen LogP contribution is 2.40. The van der Waals surface area contributed by atoms with Crippen LogP contribution in [0.25, 0.3) is 0 Å². The summed E-state index contributed by atoms with van der Waals surface area (Å²) < 4.78 is 5.20. The maximum absolute atomic E-state index is 12.2. The van der Waals surface area contributed by atoms with E-state index >= 15 is 0 Å². The summed E-state index contributed by atoms with van der Waals surface area (Å²) in [4.78, 5) is 36.0. The monoisotopic (exact) mass is 280 g/mol. The lowest BCUT2D eigenvalue weighted by molar-refractivity contribution is -0.153. The number of ether oxygens (including phenoxy) is 1. The fraction of sp³-hybridized carbons (Fsp3) is 0.688. The van der Waals surface area contributed by atoms with Crippen LogP contribution in [-0.2, 0) is 19.1 Å². The molecule has 0 bridgehead atoms. The number of carbonyl (C=O) groups is 3. The van der Waals surface area contributed by atoms with E-state index in [1.165, 1.54) is 6.92 Å². The third kappa shape index (κ3) is 3.17. The Morgan fingerprint density at radius 3 is 2.35 bits per heavy atom. The summed E-state index contributed by atoms with van der Waals surface area (Å²) in [6, 6.07) is 0. The van der Waals surface area contributed by atoms with Gasteiger partial charge in [0.25, 0.3) is 0 Å². The van der Waals surface area contributed by atoms with Crippen LogP contribution in [0.15, 0.2) is 12.2 Å². The first-order valence-electron chi connectivity index (χ1n) is 7.02. The third-order valence-corrected chi connectivity index (χ3v) is 3.88. The van der Waals surface area contributed by atoms with E-state index < -0.39 is 10.8 Å². The molecule has 1 saturated carbocycles. The molecule has 4 heteroatoms. The average Bonchev–Trinajstić information content (AvgIpc) is 2.34. The maximum atomic E-state index is 12.2. The van der Waals surface area contributed by atoms with Crippen LogP contribution < -0.4 is 0 Å². The Bertz CT molecular complexity index is 442. The molecule has 112 valence electrons. The summed E-state index contributed by atoms with van der Waals surface area (Å²) >= 11 is 0. The average molecular weight is 280 g/mol. The molecule has 1 unspecified atom stereocenters. The van der Waals surface area contributed by atoms with Crippen molar-refractivity contribution in [3.8, 4) is 0 Å². The molecule has 0 aromatic heterocycles. The Balaban J connectivity index is 2.84. The van der Waals surface area contributed by atoms with Gasteiger partial charge in [-0.3, -0.25) is 14.4 Å². The molecule has 0 amide bonds. The van der Waals surface area contributed by atoms with Crippen molar-refractivity contribution in [2.75, 3.05) is 6.61 Å². The molecule has 1 fully saturated rings. The molecule has 0 spiro atoms. The number of Topliss-reactive ketones (excluding diaryl/α,β-unsaturated/α-hetero) is 2. The highest BCUT2D eigenvalue weighted by molar-refractivity contribution is 6.09. The predicted octanol–water partition coefficient (Wildman–Crippen LogP) is 2.85. The molecular formula is C16H24O4. The summed E-state index contributed by atoms with van der Waals surface area (Å²) in [5.41, 5.74) is -1.34. The smallest absolute Gasteiger partial charge is 0.311 e. The first-order valence-corrected chi connectivity index (χ1v) is 7.02. The van der Waals surface area contributed by atoms with E-state index in [-0.39, 0.29) is 24.1 Å². The van der Waals surface area contributed by atoms with Gasteiger partial charge < -0.3 is 4.74 Å². The summed E-state index contributed by atoms with van der Waals surface area (Å²) in [6.07, 6.45) is 2.50. The Morgan fingerprint density at radius 1 is 1.30 bits per heavy atom. The topological polar surface area (TPSA) is 60.4 Å². The molecule has 0 aromatic carbocycles. The summed E-state index contributed by atoms with van der Waals surface area (Å²) in [6.45, 7) is 10.5. The lowest BCUT2D eigenvalue weighted by Gasteiger charge is -2.35. The second kappa shape index (κ2) is 5.90. The lowest BCUT2D eigenvalue weighted by atomic mass is 9.66. The van der Waals surface area contributed by atoms with Gasteiger partial charge in [-0.05, 0) is 46.1 Å². The molecule has 0 heterocycles. The Labute approximate surface area is 120 Å². The van der Waals surface area contributed by atoms with Gasteiger partial charge in [-0.2, -0.15) is 0 Å². The predicted molar refractivity (Wildman–Crippen MR) is 76.1 cm³/mol. The van der Waals surface area contributed by atoms with Crippen molar-refractivity contribution < 1.29 is 19.1 Å². The molecule has 20 heavy (non-hydrogen) atoms. The van der Waals surface area contributed by atoms with Crippen LogP contribution in [-0.4, -0.2) is 24.1 Å². The fourth-order valence-electron chi connectivity index (χ4n) is 2.52. The summed E-state index contributed by atoms with van der Waals surface area (Å²) in [5.74, 6) is -0.646. The van der Waals surface area contributed by atoms with Crippen LogP contribution in [0, 0.1) is 10.8 Å². The molecule has 0 aliphatic heterocycles. The van der Waals surface area contributed by atoms with Crippen molar-refractivity contribution >= 4 is 17.5 Å². The van der Waals surface area contributed by atoms with Gasteiger partial charge in [0, 0.05) is 6.42 Å². The van der Waals surface area contributed by atoms with Gasteiger partial charge in [0.1, 0.15) is 17.8 Å². The molecule has 0 radical (unpaired) electrons. The first kappa shape index (κ1) is 16.6. The zero-order valence-corrected chi connectivity index (χ0v) is 12.9. The van der Waals surface area contributed by atoms with Crippen LogP contribution in [0.5, 0.6) is 0 Å². The van der Waals surface area contributed by atoms with E-state index in [0.29, 0.717) is 18.4 Å². The van der Waals surface area contributed by atoms with Crippen molar-refractivity contribution in [1.29, 1.82) is 0 Å². The van der Waals surface area contributed by atoms with Gasteiger partial charge in [-0.15, -0.1) is 0 Å². The van der Waals surface area contributed by atoms with Crippen LogP contribution in [0.2, 0.25) is 0 Å². The van der Waals surface area contributed by atoms with E-state index in [4.69, 9.17) is 4.74 Å². The van der Waals surface area contributed by atoms with Gasteiger partial charge >= 0.3 is 5.97 Å². The van der Waals surface area contributed by atoms with Gasteiger partial charge in [0.15, 0.2) is 5.78 Å². The van der Waals surface area contributed by atoms with Crippen molar-refractivity contribution in [3.63, 3.8) is 0 Å². The number of hydrogen-bond donors (Lipinski definition) is 0. The Morgan fingerprint density at radius 2 is 1.90 bits per heavy atom. The fourth-order valence-corrected chi connectivity index (χ4v) is 2.52. The number of ketones is 2. The summed E-state index contributed by atoms with van der Waals surface area (Å²) in [5, 5.41) is 0. The van der Waals surface area contributed by atoms with Crippen molar-refractivity contribution in [3.05, 3.63) is 12.2 Å². The van der Waals surface area contributed by atoms with E-state index in [2.05, 4.69) is 6.58 Å². The molecule has 1 aliphatic rings. The van der Waals surface area contributed by atoms with Gasteiger partial charge in [-0.25, -0.2) is 0 Å². The van der Waals surface area contributed by atoms with Crippen LogP contribution >= 0.6 is 0 Å². The highest BCUT2D eigenvalue weighted by Gasteiger charge is 2.46. The van der Waals surface area contributed by atoms with E-state index in [1.54, 1.807) is 20.8 Å². The minimum absolute atomic E-state index is 0.0680. The normalized spacial score (nSPS) is 23.3. The van der Waals surface area contributed by atoms with Crippen LogP contribution in [0.4, 0.5) is 0 Å². The van der Waals surface area contributed by atoms with E-state index in [9.17, 15) is 14.4 Å². The number of carbonyl (C=O) groups excluding carboxylic acids is 3. The second-order valence-corrected chi connectivity index (χ2v) is 6.52. The molecule has 1 atom stereocenters. The second-order valence-electron chi connectivity index (χ2n) is 6.52. The third-order valence-electron chi connectivity index (χ3n) is 3.88. The molecule has 1 rings (SSSR count). The lowest BCUT2D eigenvalue weighted by Crippen LogP contribution is -2.43. The minimum Gasteiger partial charge on any atom is -0.461 e. The number of hydrogen-bond acceptors (Lipinski definition) is 4. The maximum Gasteiger partial charge on any atom is 0.311 e. The van der Waals surface area contributed by atoms with Crippen LogP contribution in [0.3, 0.4) is 0 Å². The highest BCUT2D eigenvalue weighted by atomic mass is 16.5. The van der Waals surface area contributed by atoms with E-state index in [0.717, 1.165) is 12.8 Å². The zero-order valence-electron chi connectivity index (χ0n) is 12.9. The SMILES string of the molecule is C=C(COC(=O)C(C)(C)C)C1(C(C)=O)CCCCC1=O. The molecule has 0 N–H and O–H groups in total. The molecule has 0 saturated heterocycles. The van der Waals surface area contributed by atoms with Gasteiger partial charge in [0.2, 0.25) is 0 Å². The molecular weight excluding hydrogens is 256 g/mol.